The topological polar surface area (TPSA) is 49.3 Å². The largest absolute Gasteiger partial charge is 0.503 e. The highest BCUT2D eigenvalue weighted by Crippen LogP contribution is 2.16. The normalized spacial score (nSPS) is 10.1. The molecule has 0 aliphatic rings. The van der Waals surface area contributed by atoms with Gasteiger partial charge in [-0.15, -0.1) is 0 Å². The molecule has 0 aliphatic carbocycles. The summed E-state index contributed by atoms with van der Waals surface area (Å²) in [6, 6.07) is 6.52. The van der Waals surface area contributed by atoms with E-state index in [0.29, 0.717) is 5.69 Å². The van der Waals surface area contributed by atoms with Gasteiger partial charge >= 0.3 is 0 Å². The van der Waals surface area contributed by atoms with Crippen molar-refractivity contribution < 1.29 is 5.11 Å². The van der Waals surface area contributed by atoms with Gasteiger partial charge in [-0.2, -0.15) is 0 Å². The Morgan fingerprint density at radius 1 is 1.31 bits per heavy atom. The number of rotatable bonds is 2. The zero-order valence-corrected chi connectivity index (χ0v) is 7.74. The lowest BCUT2D eigenvalue weighted by atomic mass is 10.3. The molecule has 1 rings (SSSR count). The summed E-state index contributed by atoms with van der Waals surface area (Å²) in [5, 5.41) is 12.4. The fraction of sp³-hybridized carbons (Fsp3) is 0.300. The second kappa shape index (κ2) is 3.94. The first-order valence-electron chi connectivity index (χ1n) is 4.20. The molecule has 0 saturated heterocycles. The third-order valence-electron chi connectivity index (χ3n) is 1.55. The van der Waals surface area contributed by atoms with Crippen LogP contribution in [-0.4, -0.2) is 11.1 Å². The molecule has 0 bridgehead atoms. The lowest BCUT2D eigenvalue weighted by Gasteiger charge is -2.08. The molecular weight excluding hydrogens is 166 g/mol. The highest BCUT2D eigenvalue weighted by Gasteiger charge is 2.02. The van der Waals surface area contributed by atoms with Gasteiger partial charge in [0.05, 0.1) is 5.69 Å². The molecule has 2 N–H and O–H groups in total. The van der Waals surface area contributed by atoms with Crippen molar-refractivity contribution in [1.82, 2.24) is 0 Å². The minimum atomic E-state index is -0.367. The Balaban J connectivity index is 3.16. The average Bonchev–Trinajstić information content (AvgIpc) is 2.19. The number of aromatic hydroxyl groups is 1. The fourth-order valence-electron chi connectivity index (χ4n) is 1.01. The van der Waals surface area contributed by atoms with Crippen molar-refractivity contribution in [3.8, 4) is 5.75 Å². The Hall–Kier alpha value is -1.51. The average molecular weight is 179 g/mol. The molecule has 0 atom stereocenters. The smallest absolute Gasteiger partial charge is 0.222 e. The van der Waals surface area contributed by atoms with E-state index >= 15 is 0 Å². The van der Waals surface area contributed by atoms with Crippen LogP contribution in [0.5, 0.6) is 5.75 Å². The molecule has 0 saturated carbocycles. The molecule has 0 fully saturated rings. The SMILES string of the molecule is CC(C)Nc1ccccc(=O)c1O. The van der Waals surface area contributed by atoms with Gasteiger partial charge in [0.25, 0.3) is 0 Å². The van der Waals surface area contributed by atoms with Crippen molar-refractivity contribution in [2.75, 3.05) is 5.32 Å². The summed E-state index contributed by atoms with van der Waals surface area (Å²) in [5.74, 6) is -0.223. The van der Waals surface area contributed by atoms with E-state index < -0.39 is 0 Å². The number of hydrogen-bond acceptors (Lipinski definition) is 3. The zero-order valence-electron chi connectivity index (χ0n) is 7.74. The molecule has 0 aromatic heterocycles. The van der Waals surface area contributed by atoms with Gasteiger partial charge in [0, 0.05) is 6.04 Å². The summed E-state index contributed by atoms with van der Waals surface area (Å²) in [6.45, 7) is 3.88. The van der Waals surface area contributed by atoms with Crippen molar-refractivity contribution in [3.05, 3.63) is 34.5 Å². The van der Waals surface area contributed by atoms with Crippen LogP contribution in [0.1, 0.15) is 13.8 Å². The van der Waals surface area contributed by atoms with Gasteiger partial charge in [0.2, 0.25) is 5.43 Å². The molecular formula is C10H13NO2. The first kappa shape index (κ1) is 9.58. The summed E-state index contributed by atoms with van der Waals surface area (Å²) in [6.07, 6.45) is 0. The Morgan fingerprint density at radius 2 is 1.92 bits per heavy atom. The molecule has 70 valence electrons. The zero-order chi connectivity index (χ0) is 9.84. The molecule has 0 unspecified atom stereocenters. The van der Waals surface area contributed by atoms with Crippen LogP contribution in [0.3, 0.4) is 0 Å². The summed E-state index contributed by atoms with van der Waals surface area (Å²) in [5.41, 5.74) is 0.109. The van der Waals surface area contributed by atoms with E-state index in [0.717, 1.165) is 0 Å². The van der Waals surface area contributed by atoms with Crippen molar-refractivity contribution in [2.45, 2.75) is 19.9 Å². The minimum absolute atomic E-state index is 0.188. The quantitative estimate of drug-likeness (QED) is 0.724. The van der Waals surface area contributed by atoms with Gasteiger partial charge in [0.1, 0.15) is 0 Å². The van der Waals surface area contributed by atoms with E-state index in [4.69, 9.17) is 0 Å². The van der Waals surface area contributed by atoms with Gasteiger partial charge < -0.3 is 10.4 Å². The standard InChI is InChI=1S/C10H13NO2/c1-7(2)11-8-5-3-4-6-9(12)10(8)13/h3-7H,1-2H3,(H2,11,12,13). The molecule has 0 heterocycles. The van der Waals surface area contributed by atoms with E-state index in [1.165, 1.54) is 6.07 Å². The van der Waals surface area contributed by atoms with Crippen molar-refractivity contribution in [2.24, 2.45) is 0 Å². The lowest BCUT2D eigenvalue weighted by Crippen LogP contribution is -2.10. The highest BCUT2D eigenvalue weighted by molar-refractivity contribution is 5.54. The summed E-state index contributed by atoms with van der Waals surface area (Å²) in [4.78, 5) is 11.1. The van der Waals surface area contributed by atoms with Crippen LogP contribution >= 0.6 is 0 Å². The summed E-state index contributed by atoms with van der Waals surface area (Å²) in [7, 11) is 0. The van der Waals surface area contributed by atoms with E-state index in [-0.39, 0.29) is 17.2 Å². The van der Waals surface area contributed by atoms with Crippen LogP contribution < -0.4 is 10.7 Å². The first-order valence-corrected chi connectivity index (χ1v) is 4.20. The van der Waals surface area contributed by atoms with Crippen LogP contribution in [0.25, 0.3) is 0 Å². The summed E-state index contributed by atoms with van der Waals surface area (Å²) >= 11 is 0. The summed E-state index contributed by atoms with van der Waals surface area (Å²) < 4.78 is 0. The maximum atomic E-state index is 11.1. The van der Waals surface area contributed by atoms with Gasteiger partial charge in [-0.1, -0.05) is 12.1 Å². The van der Waals surface area contributed by atoms with Crippen molar-refractivity contribution in [1.29, 1.82) is 0 Å². The minimum Gasteiger partial charge on any atom is -0.503 e. The molecule has 3 heteroatoms. The maximum Gasteiger partial charge on any atom is 0.222 e. The van der Waals surface area contributed by atoms with Crippen molar-refractivity contribution >= 4 is 5.69 Å². The van der Waals surface area contributed by atoms with E-state index in [1.54, 1.807) is 18.2 Å². The number of nitrogens with one attached hydrogen (secondary N) is 1. The Labute approximate surface area is 77.0 Å². The predicted octanol–water partition coefficient (Wildman–Crippen LogP) is 1.57. The number of anilines is 1. The Morgan fingerprint density at radius 3 is 2.54 bits per heavy atom. The molecule has 1 aromatic carbocycles. The van der Waals surface area contributed by atoms with E-state index in [9.17, 15) is 9.90 Å². The highest BCUT2D eigenvalue weighted by atomic mass is 16.3. The van der Waals surface area contributed by atoms with Crippen LogP contribution in [0, 0.1) is 0 Å². The third kappa shape index (κ3) is 2.47. The first-order chi connectivity index (χ1) is 6.11. The molecule has 0 spiro atoms. The van der Waals surface area contributed by atoms with Crippen molar-refractivity contribution in [3.63, 3.8) is 0 Å². The molecule has 3 nitrogen and oxygen atoms in total. The third-order valence-corrected chi connectivity index (χ3v) is 1.55. The molecule has 1 aromatic rings. The molecule has 0 radical (unpaired) electrons. The Kier molecular flexibility index (Phi) is 2.90. The Bertz CT molecular complexity index is 347. The molecule has 0 amide bonds. The van der Waals surface area contributed by atoms with Crippen LogP contribution in [0.15, 0.2) is 29.1 Å². The fourth-order valence-corrected chi connectivity index (χ4v) is 1.01. The van der Waals surface area contributed by atoms with Gasteiger partial charge in [-0.25, -0.2) is 0 Å². The van der Waals surface area contributed by atoms with E-state index in [2.05, 4.69) is 5.32 Å². The molecule has 13 heavy (non-hydrogen) atoms. The van der Waals surface area contributed by atoms with E-state index in [1.807, 2.05) is 13.8 Å². The predicted molar refractivity (Wildman–Crippen MR) is 53.1 cm³/mol. The van der Waals surface area contributed by atoms with Gasteiger partial charge in [-0.05, 0) is 26.0 Å². The van der Waals surface area contributed by atoms with Crippen LogP contribution in [-0.2, 0) is 0 Å². The maximum absolute atomic E-state index is 11.1. The van der Waals surface area contributed by atoms with Gasteiger partial charge in [-0.3, -0.25) is 4.79 Å². The van der Waals surface area contributed by atoms with Gasteiger partial charge in [0.15, 0.2) is 5.75 Å². The van der Waals surface area contributed by atoms with Crippen LogP contribution in [0.2, 0.25) is 0 Å². The monoisotopic (exact) mass is 179 g/mol. The lowest BCUT2D eigenvalue weighted by molar-refractivity contribution is 0.472. The molecule has 0 aliphatic heterocycles. The number of hydrogen-bond donors (Lipinski definition) is 2. The second-order valence-corrected chi connectivity index (χ2v) is 3.14. The van der Waals surface area contributed by atoms with Crippen LogP contribution in [0.4, 0.5) is 5.69 Å². The second-order valence-electron chi connectivity index (χ2n) is 3.14.